The quantitative estimate of drug-likeness (QED) is 0.871. The number of rotatable bonds is 5. The highest BCUT2D eigenvalue weighted by atomic mass is 32.2. The van der Waals surface area contributed by atoms with Gasteiger partial charge in [0.05, 0.1) is 18.4 Å². The molecule has 0 heterocycles. The maximum absolute atomic E-state index is 11.3. The van der Waals surface area contributed by atoms with Gasteiger partial charge in [0.1, 0.15) is 5.75 Å². The lowest BCUT2D eigenvalue weighted by Crippen LogP contribution is -2.34. The molecule has 110 valence electrons. The van der Waals surface area contributed by atoms with E-state index in [9.17, 15) is 9.90 Å². The van der Waals surface area contributed by atoms with Crippen molar-refractivity contribution in [3.63, 3.8) is 0 Å². The summed E-state index contributed by atoms with van der Waals surface area (Å²) in [6, 6.07) is 5.38. The van der Waals surface area contributed by atoms with Crippen LogP contribution < -0.4 is 10.1 Å². The van der Waals surface area contributed by atoms with E-state index >= 15 is 0 Å². The Bertz CT molecular complexity index is 478. The molecule has 1 fully saturated rings. The molecule has 5 heteroatoms. The van der Waals surface area contributed by atoms with Gasteiger partial charge < -0.3 is 15.2 Å². The molecule has 0 amide bonds. The van der Waals surface area contributed by atoms with Crippen molar-refractivity contribution in [2.45, 2.75) is 37.0 Å². The smallest absolute Gasteiger partial charge is 0.337 e. The number of nitrogens with one attached hydrogen (secondary N) is 1. The van der Waals surface area contributed by atoms with Crippen LogP contribution in [0.5, 0.6) is 5.75 Å². The van der Waals surface area contributed by atoms with Crippen molar-refractivity contribution in [1.29, 1.82) is 0 Å². The minimum Gasteiger partial charge on any atom is -0.497 e. The van der Waals surface area contributed by atoms with Crippen molar-refractivity contribution in [2.75, 3.05) is 18.7 Å². The summed E-state index contributed by atoms with van der Waals surface area (Å²) in [6.07, 6.45) is 6.84. The number of carboxylic acid groups (broad SMARTS) is 1. The van der Waals surface area contributed by atoms with E-state index in [1.165, 1.54) is 19.3 Å². The molecule has 20 heavy (non-hydrogen) atoms. The third-order valence-electron chi connectivity index (χ3n) is 3.80. The molecule has 0 aromatic heterocycles. The van der Waals surface area contributed by atoms with Gasteiger partial charge in [0.25, 0.3) is 0 Å². The number of ether oxygens (including phenoxy) is 1. The topological polar surface area (TPSA) is 58.6 Å². The van der Waals surface area contributed by atoms with E-state index in [1.807, 2.05) is 11.8 Å². The molecular weight excluding hydrogens is 274 g/mol. The monoisotopic (exact) mass is 295 g/mol. The van der Waals surface area contributed by atoms with Gasteiger partial charge >= 0.3 is 5.97 Å². The molecule has 0 radical (unpaired) electrons. The van der Waals surface area contributed by atoms with Crippen molar-refractivity contribution in [2.24, 2.45) is 0 Å². The van der Waals surface area contributed by atoms with Crippen LogP contribution in [-0.2, 0) is 0 Å². The van der Waals surface area contributed by atoms with Crippen molar-refractivity contribution in [3.05, 3.63) is 23.8 Å². The highest BCUT2D eigenvalue weighted by molar-refractivity contribution is 7.99. The van der Waals surface area contributed by atoms with Crippen LogP contribution in [0.25, 0.3) is 0 Å². The fraction of sp³-hybridized carbons (Fsp3) is 0.533. The number of hydrogen-bond donors (Lipinski definition) is 2. The standard InChI is InChI=1S/C15H21NO3S/c1-19-10-7-8-11(15(17)18)13(9-10)16-12-5-3-4-6-14(12)20-2/h7-9,12,14,16H,3-6H2,1-2H3,(H,17,18). The van der Waals surface area contributed by atoms with Gasteiger partial charge in [0.15, 0.2) is 0 Å². The minimum absolute atomic E-state index is 0.302. The van der Waals surface area contributed by atoms with Gasteiger partial charge in [-0.3, -0.25) is 0 Å². The molecule has 2 unspecified atom stereocenters. The lowest BCUT2D eigenvalue weighted by molar-refractivity contribution is 0.0698. The second-order valence-corrected chi connectivity index (χ2v) is 6.10. The average molecular weight is 295 g/mol. The summed E-state index contributed by atoms with van der Waals surface area (Å²) < 4.78 is 5.19. The van der Waals surface area contributed by atoms with Gasteiger partial charge in [0.2, 0.25) is 0 Å². The highest BCUT2D eigenvalue weighted by Crippen LogP contribution is 2.31. The van der Waals surface area contributed by atoms with E-state index in [4.69, 9.17) is 4.74 Å². The number of carboxylic acids is 1. The van der Waals surface area contributed by atoms with E-state index in [-0.39, 0.29) is 0 Å². The summed E-state index contributed by atoms with van der Waals surface area (Å²) in [5.74, 6) is -0.235. The molecule has 4 nitrogen and oxygen atoms in total. The zero-order valence-corrected chi connectivity index (χ0v) is 12.7. The molecule has 2 N–H and O–H groups in total. The number of aromatic carboxylic acids is 1. The van der Waals surface area contributed by atoms with Crippen LogP contribution in [0, 0.1) is 0 Å². The Labute approximate surface area is 123 Å². The molecule has 1 aromatic rings. The second-order valence-electron chi connectivity index (χ2n) is 5.03. The summed E-state index contributed by atoms with van der Waals surface area (Å²) >= 11 is 1.86. The number of methoxy groups -OCH3 is 1. The molecule has 0 aliphatic heterocycles. The van der Waals surface area contributed by atoms with Crippen molar-refractivity contribution in [1.82, 2.24) is 0 Å². The average Bonchev–Trinajstić information content (AvgIpc) is 2.47. The summed E-state index contributed by atoms with van der Waals surface area (Å²) in [5.41, 5.74) is 0.957. The van der Waals surface area contributed by atoms with Crippen LogP contribution >= 0.6 is 11.8 Å². The molecule has 2 rings (SSSR count). The highest BCUT2D eigenvalue weighted by Gasteiger charge is 2.25. The Hall–Kier alpha value is -1.36. The maximum atomic E-state index is 11.3. The first-order chi connectivity index (χ1) is 9.65. The lowest BCUT2D eigenvalue weighted by Gasteiger charge is -2.32. The first-order valence-electron chi connectivity index (χ1n) is 6.86. The van der Waals surface area contributed by atoms with Crippen molar-refractivity contribution >= 4 is 23.4 Å². The predicted molar refractivity (Wildman–Crippen MR) is 83.1 cm³/mol. The van der Waals surface area contributed by atoms with Crippen LogP contribution in [-0.4, -0.2) is 35.7 Å². The van der Waals surface area contributed by atoms with Crippen LogP contribution in [0.2, 0.25) is 0 Å². The Balaban J connectivity index is 2.23. The third-order valence-corrected chi connectivity index (χ3v) is 4.97. The first kappa shape index (κ1) is 15.0. The second kappa shape index (κ2) is 6.88. The predicted octanol–water partition coefficient (Wildman–Crippen LogP) is 3.48. The summed E-state index contributed by atoms with van der Waals surface area (Å²) in [7, 11) is 1.59. The largest absolute Gasteiger partial charge is 0.497 e. The zero-order chi connectivity index (χ0) is 14.5. The minimum atomic E-state index is -0.910. The molecule has 2 atom stereocenters. The van der Waals surface area contributed by atoms with Gasteiger partial charge in [-0.15, -0.1) is 0 Å². The van der Waals surface area contributed by atoms with Crippen LogP contribution in [0.1, 0.15) is 36.0 Å². The SMILES string of the molecule is COc1ccc(C(=O)O)c(NC2CCCCC2SC)c1. The van der Waals surface area contributed by atoms with Gasteiger partial charge in [-0.05, 0) is 31.2 Å². The van der Waals surface area contributed by atoms with E-state index in [1.54, 1.807) is 25.3 Å². The van der Waals surface area contributed by atoms with Crippen LogP contribution in [0.3, 0.4) is 0 Å². The number of benzene rings is 1. The summed E-state index contributed by atoms with van der Waals surface area (Å²) in [5, 5.41) is 13.3. The number of carbonyl (C=O) groups is 1. The zero-order valence-electron chi connectivity index (χ0n) is 11.9. The number of thioether (sulfide) groups is 1. The Morgan fingerprint density at radius 3 is 2.80 bits per heavy atom. The molecule has 1 aromatic carbocycles. The Kier molecular flexibility index (Phi) is 5.17. The molecule has 0 bridgehead atoms. The van der Waals surface area contributed by atoms with Crippen LogP contribution in [0.4, 0.5) is 5.69 Å². The fourth-order valence-electron chi connectivity index (χ4n) is 2.70. The molecule has 1 saturated carbocycles. The van der Waals surface area contributed by atoms with Gasteiger partial charge in [0, 0.05) is 17.4 Å². The fourth-order valence-corrected chi connectivity index (χ4v) is 3.64. The molecular formula is C15H21NO3S. The van der Waals surface area contributed by atoms with Crippen molar-refractivity contribution < 1.29 is 14.6 Å². The molecule has 0 spiro atoms. The van der Waals surface area contributed by atoms with Gasteiger partial charge in [-0.25, -0.2) is 4.79 Å². The van der Waals surface area contributed by atoms with E-state index < -0.39 is 5.97 Å². The van der Waals surface area contributed by atoms with E-state index in [0.717, 1.165) is 6.42 Å². The first-order valence-corrected chi connectivity index (χ1v) is 8.15. The summed E-state index contributed by atoms with van der Waals surface area (Å²) in [4.78, 5) is 11.3. The molecule has 0 saturated heterocycles. The van der Waals surface area contributed by atoms with Crippen molar-refractivity contribution in [3.8, 4) is 5.75 Å². The Morgan fingerprint density at radius 2 is 2.15 bits per heavy atom. The van der Waals surface area contributed by atoms with E-state index in [0.29, 0.717) is 28.3 Å². The van der Waals surface area contributed by atoms with Crippen LogP contribution in [0.15, 0.2) is 18.2 Å². The number of anilines is 1. The van der Waals surface area contributed by atoms with Gasteiger partial charge in [-0.2, -0.15) is 11.8 Å². The maximum Gasteiger partial charge on any atom is 0.337 e. The number of hydrogen-bond acceptors (Lipinski definition) is 4. The molecule has 1 aliphatic rings. The van der Waals surface area contributed by atoms with E-state index in [2.05, 4.69) is 11.6 Å². The third kappa shape index (κ3) is 3.39. The molecule has 1 aliphatic carbocycles. The van der Waals surface area contributed by atoms with Gasteiger partial charge in [-0.1, -0.05) is 12.8 Å². The summed E-state index contributed by atoms with van der Waals surface area (Å²) in [6.45, 7) is 0. The normalized spacial score (nSPS) is 22.3. The lowest BCUT2D eigenvalue weighted by atomic mass is 9.94. The Morgan fingerprint density at radius 1 is 1.40 bits per heavy atom.